The second-order valence-electron chi connectivity index (χ2n) is 14.3. The Kier molecular flexibility index (Phi) is 6.03. The third kappa shape index (κ3) is 3.40. The van der Waals surface area contributed by atoms with Crippen molar-refractivity contribution in [1.82, 2.24) is 0 Å². The Morgan fingerprint density at radius 2 is 1.67 bits per heavy atom. The van der Waals surface area contributed by atoms with Gasteiger partial charge in [-0.1, -0.05) is 41.5 Å². The molecule has 0 heterocycles. The summed E-state index contributed by atoms with van der Waals surface area (Å²) in [7, 11) is 0. The van der Waals surface area contributed by atoms with Crippen LogP contribution in [0, 0.1) is 45.8 Å². The summed E-state index contributed by atoms with van der Waals surface area (Å²) in [6, 6.07) is 0. The molecule has 198 valence electrons. The van der Waals surface area contributed by atoms with Crippen molar-refractivity contribution in [2.75, 3.05) is 0 Å². The zero-order chi connectivity index (χ0) is 26.3. The van der Waals surface area contributed by atoms with E-state index >= 15 is 0 Å². The summed E-state index contributed by atoms with van der Waals surface area (Å²) < 4.78 is 5.85. The lowest BCUT2D eigenvalue weighted by Crippen LogP contribution is -2.63. The number of ketones is 1. The van der Waals surface area contributed by atoms with Crippen LogP contribution in [0.25, 0.3) is 0 Å². The standard InChI is InChI=1S/C31H45NO4/c1-18(2)26-22(35)16-31(32-17-33)15-10-21-20(27(26)31)8-9-24-29(21,6)13-11-23-28(4,5)25(36-19(3)34)12-14-30(23,24)7/h18,20-21,23-25H,8-16H2,1-7H3/t20-,21?,23?,24?,25-,29-,30-,31+/m0/s1. The van der Waals surface area contributed by atoms with Gasteiger partial charge in [0.25, 0.3) is 0 Å². The van der Waals surface area contributed by atoms with E-state index in [0.29, 0.717) is 30.1 Å². The van der Waals surface area contributed by atoms with Gasteiger partial charge in [-0.05, 0) is 103 Å². The molecule has 36 heavy (non-hydrogen) atoms. The van der Waals surface area contributed by atoms with Crippen molar-refractivity contribution in [3.63, 3.8) is 0 Å². The van der Waals surface area contributed by atoms with Crippen molar-refractivity contribution in [3.05, 3.63) is 11.1 Å². The minimum absolute atomic E-state index is 0.00599. The van der Waals surface area contributed by atoms with Gasteiger partial charge in [-0.25, -0.2) is 4.79 Å². The van der Waals surface area contributed by atoms with Gasteiger partial charge in [-0.15, -0.1) is 0 Å². The topological polar surface area (TPSA) is 72.8 Å². The minimum atomic E-state index is -0.631. The van der Waals surface area contributed by atoms with Crippen LogP contribution in [0.5, 0.6) is 0 Å². The average Bonchev–Trinajstić information content (AvgIpc) is 3.07. The third-order valence-corrected chi connectivity index (χ3v) is 12.1. The number of carbonyl (C=O) groups excluding carboxylic acids is 3. The van der Waals surface area contributed by atoms with Crippen LogP contribution in [0.15, 0.2) is 16.1 Å². The molecule has 0 amide bonds. The van der Waals surface area contributed by atoms with Crippen molar-refractivity contribution in [1.29, 1.82) is 0 Å². The van der Waals surface area contributed by atoms with E-state index in [1.807, 2.05) is 6.08 Å². The van der Waals surface area contributed by atoms with Gasteiger partial charge < -0.3 is 4.74 Å². The van der Waals surface area contributed by atoms with Crippen molar-refractivity contribution < 1.29 is 19.1 Å². The molecule has 5 aliphatic carbocycles. The minimum Gasteiger partial charge on any atom is -0.462 e. The van der Waals surface area contributed by atoms with E-state index in [1.165, 1.54) is 18.9 Å². The van der Waals surface area contributed by atoms with Crippen molar-refractivity contribution >= 4 is 17.8 Å². The number of fused-ring (bicyclic) bond motifs is 7. The lowest BCUT2D eigenvalue weighted by Gasteiger charge is -2.68. The molecule has 0 aromatic carbocycles. The molecule has 5 rings (SSSR count). The first-order valence-corrected chi connectivity index (χ1v) is 14.4. The number of carbonyl (C=O) groups is 2. The maximum absolute atomic E-state index is 13.2. The predicted octanol–water partition coefficient (Wildman–Crippen LogP) is 6.60. The zero-order valence-electron chi connectivity index (χ0n) is 23.4. The fraction of sp³-hybridized carbons (Fsp3) is 0.839. The van der Waals surface area contributed by atoms with Gasteiger partial charge in [0.05, 0.1) is 0 Å². The van der Waals surface area contributed by atoms with Gasteiger partial charge in [0, 0.05) is 18.8 Å². The van der Waals surface area contributed by atoms with E-state index in [2.05, 4.69) is 46.5 Å². The van der Waals surface area contributed by atoms with Crippen LogP contribution in [0.2, 0.25) is 0 Å². The van der Waals surface area contributed by atoms with Gasteiger partial charge in [-0.2, -0.15) is 4.99 Å². The molecular formula is C31H45NO4. The van der Waals surface area contributed by atoms with Gasteiger partial charge in [0.2, 0.25) is 6.08 Å². The molecule has 0 radical (unpaired) electrons. The number of Topliss-reactive ketones (excluding diaryl/α,β-unsaturated/α-hetero) is 1. The van der Waals surface area contributed by atoms with Crippen LogP contribution in [0.1, 0.15) is 106 Å². The first-order chi connectivity index (χ1) is 16.8. The van der Waals surface area contributed by atoms with Crippen LogP contribution < -0.4 is 0 Å². The zero-order valence-corrected chi connectivity index (χ0v) is 23.4. The Balaban J connectivity index is 1.52. The van der Waals surface area contributed by atoms with Gasteiger partial charge >= 0.3 is 5.97 Å². The van der Waals surface area contributed by atoms with Crippen LogP contribution in [0.4, 0.5) is 0 Å². The molecule has 3 unspecified atom stereocenters. The van der Waals surface area contributed by atoms with Crippen LogP contribution in [-0.4, -0.2) is 29.5 Å². The van der Waals surface area contributed by atoms with Crippen LogP contribution >= 0.6 is 0 Å². The highest BCUT2D eigenvalue weighted by atomic mass is 16.5. The smallest absolute Gasteiger partial charge is 0.302 e. The highest BCUT2D eigenvalue weighted by Crippen LogP contribution is 2.72. The van der Waals surface area contributed by atoms with Crippen molar-refractivity contribution in [3.8, 4) is 0 Å². The lowest BCUT2D eigenvalue weighted by atomic mass is 9.37. The van der Waals surface area contributed by atoms with Gasteiger partial charge in [-0.3, -0.25) is 9.59 Å². The fourth-order valence-electron chi connectivity index (χ4n) is 10.9. The highest BCUT2D eigenvalue weighted by molar-refractivity contribution is 6.01. The average molecular weight is 496 g/mol. The van der Waals surface area contributed by atoms with Gasteiger partial charge in [0.15, 0.2) is 5.78 Å². The third-order valence-electron chi connectivity index (χ3n) is 12.1. The number of ether oxygens (including phenoxy) is 1. The first-order valence-electron chi connectivity index (χ1n) is 14.4. The summed E-state index contributed by atoms with van der Waals surface area (Å²) in [6.07, 6.45) is 10.7. The van der Waals surface area contributed by atoms with Crippen molar-refractivity contribution in [2.45, 2.75) is 118 Å². The molecule has 5 aliphatic rings. The highest BCUT2D eigenvalue weighted by Gasteiger charge is 2.66. The van der Waals surface area contributed by atoms with E-state index in [9.17, 15) is 14.4 Å². The summed E-state index contributed by atoms with van der Waals surface area (Å²) in [5.74, 6) is 2.20. The molecule has 0 saturated heterocycles. The summed E-state index contributed by atoms with van der Waals surface area (Å²) in [5.41, 5.74) is 1.93. The molecule has 0 aromatic rings. The second-order valence-corrected chi connectivity index (χ2v) is 14.3. The molecule has 8 atom stereocenters. The van der Waals surface area contributed by atoms with Crippen LogP contribution in [0.3, 0.4) is 0 Å². The Morgan fingerprint density at radius 3 is 2.31 bits per heavy atom. The molecule has 5 heteroatoms. The second kappa shape index (κ2) is 8.38. The van der Waals surface area contributed by atoms with E-state index in [1.54, 1.807) is 0 Å². The molecular weight excluding hydrogens is 450 g/mol. The quantitative estimate of drug-likeness (QED) is 0.251. The molecule has 0 aromatic heterocycles. The number of hydrogen-bond donors (Lipinski definition) is 0. The van der Waals surface area contributed by atoms with Gasteiger partial charge in [0.1, 0.15) is 11.6 Å². The van der Waals surface area contributed by atoms with Crippen molar-refractivity contribution in [2.24, 2.45) is 50.8 Å². The number of isocyanates is 1. The molecule has 0 bridgehead atoms. The molecule has 0 spiro atoms. The Morgan fingerprint density at radius 1 is 0.972 bits per heavy atom. The summed E-state index contributed by atoms with van der Waals surface area (Å²) >= 11 is 0. The maximum atomic E-state index is 13.2. The normalized spacial score (nSPS) is 45.2. The molecule has 4 fully saturated rings. The summed E-state index contributed by atoms with van der Waals surface area (Å²) in [4.78, 5) is 41.0. The Hall–Kier alpha value is -1.74. The fourth-order valence-corrected chi connectivity index (χ4v) is 10.9. The number of allylic oxidation sites excluding steroid dienone is 1. The number of esters is 1. The Bertz CT molecular complexity index is 1050. The first kappa shape index (κ1) is 25.9. The molecule has 4 saturated carbocycles. The molecule has 0 aliphatic heterocycles. The number of nitrogens with zero attached hydrogens (tertiary/aromatic N) is 1. The molecule has 0 N–H and O–H groups in total. The maximum Gasteiger partial charge on any atom is 0.302 e. The van der Waals surface area contributed by atoms with E-state index in [4.69, 9.17) is 4.74 Å². The summed E-state index contributed by atoms with van der Waals surface area (Å²) in [6.45, 7) is 15.5. The predicted molar refractivity (Wildman–Crippen MR) is 139 cm³/mol. The Labute approximate surface area is 216 Å². The van der Waals surface area contributed by atoms with Crippen LogP contribution in [-0.2, 0) is 19.1 Å². The monoisotopic (exact) mass is 495 g/mol. The largest absolute Gasteiger partial charge is 0.462 e. The van der Waals surface area contributed by atoms with E-state index in [0.717, 1.165) is 50.5 Å². The number of hydrogen-bond acceptors (Lipinski definition) is 5. The molecule has 5 nitrogen and oxygen atoms in total. The van der Waals surface area contributed by atoms with E-state index in [-0.39, 0.29) is 40.0 Å². The number of rotatable bonds is 3. The SMILES string of the molecule is CC(=O)O[C@H]1CC[C@@]2(C)C(CC[C@@]3(C)C4CC[C@@]5(N=C=O)CC(=O)C(C(C)C)=C5[C@H]4CCC32)C1(C)C. The lowest BCUT2D eigenvalue weighted by molar-refractivity contribution is -0.211. The van der Waals surface area contributed by atoms with E-state index < -0.39 is 5.54 Å². The summed E-state index contributed by atoms with van der Waals surface area (Å²) in [5, 5.41) is 0. The number of aliphatic imine (C=N–C) groups is 1.